The highest BCUT2D eigenvalue weighted by molar-refractivity contribution is 9.10. The number of aromatic nitrogens is 1. The van der Waals surface area contributed by atoms with E-state index in [1.54, 1.807) is 12.1 Å². The lowest BCUT2D eigenvalue weighted by molar-refractivity contribution is 0.0601. The molecule has 0 aliphatic carbocycles. The van der Waals surface area contributed by atoms with Gasteiger partial charge in [0.2, 0.25) is 0 Å². The molecule has 3 rings (SSSR count). The van der Waals surface area contributed by atoms with Gasteiger partial charge in [-0.1, -0.05) is 28.1 Å². The maximum absolute atomic E-state index is 11.6. The van der Waals surface area contributed by atoms with Gasteiger partial charge in [0.25, 0.3) is 0 Å². The quantitative estimate of drug-likeness (QED) is 0.608. The van der Waals surface area contributed by atoms with Gasteiger partial charge in [-0.3, -0.25) is 0 Å². The minimum atomic E-state index is -0.325. The molecule has 2 aromatic carbocycles. The number of rotatable bonds is 3. The second-order valence-electron chi connectivity index (χ2n) is 5.24. The predicted molar refractivity (Wildman–Crippen MR) is 95.0 cm³/mol. The number of methoxy groups -OCH3 is 1. The molecule has 3 nitrogen and oxygen atoms in total. The van der Waals surface area contributed by atoms with Crippen LogP contribution >= 0.6 is 15.9 Å². The molecule has 0 bridgehead atoms. The zero-order valence-corrected chi connectivity index (χ0v) is 14.5. The summed E-state index contributed by atoms with van der Waals surface area (Å²) in [6, 6.07) is 19.8. The van der Waals surface area contributed by atoms with Crippen LogP contribution in [0, 0.1) is 6.92 Å². The largest absolute Gasteiger partial charge is 0.465 e. The van der Waals surface area contributed by atoms with Gasteiger partial charge in [-0.05, 0) is 61.0 Å². The van der Waals surface area contributed by atoms with Crippen LogP contribution in [-0.4, -0.2) is 17.6 Å². The third-order valence-electron chi connectivity index (χ3n) is 3.76. The average molecular weight is 370 g/mol. The Morgan fingerprint density at radius 3 is 2.22 bits per heavy atom. The molecule has 1 aromatic heterocycles. The van der Waals surface area contributed by atoms with Crippen LogP contribution in [0.25, 0.3) is 16.9 Å². The molecule has 0 saturated carbocycles. The Hall–Kier alpha value is -2.33. The normalized spacial score (nSPS) is 10.6. The monoisotopic (exact) mass is 369 g/mol. The highest BCUT2D eigenvalue weighted by atomic mass is 79.9. The number of ether oxygens (including phenoxy) is 1. The van der Waals surface area contributed by atoms with Crippen molar-refractivity contribution in [3.8, 4) is 16.9 Å². The summed E-state index contributed by atoms with van der Waals surface area (Å²) < 4.78 is 7.97. The van der Waals surface area contributed by atoms with Crippen LogP contribution in [0.4, 0.5) is 0 Å². The first-order chi connectivity index (χ1) is 11.1. The van der Waals surface area contributed by atoms with Crippen molar-refractivity contribution in [3.63, 3.8) is 0 Å². The average Bonchev–Trinajstić information content (AvgIpc) is 2.96. The Kier molecular flexibility index (Phi) is 4.35. The van der Waals surface area contributed by atoms with Gasteiger partial charge in [0.05, 0.1) is 18.4 Å². The molecular formula is C19H16BrNO2. The summed E-state index contributed by atoms with van der Waals surface area (Å²) in [5, 5.41) is 0. The van der Waals surface area contributed by atoms with Crippen molar-refractivity contribution in [2.24, 2.45) is 0 Å². The van der Waals surface area contributed by atoms with Gasteiger partial charge in [0.1, 0.15) is 0 Å². The summed E-state index contributed by atoms with van der Waals surface area (Å²) in [5.41, 5.74) is 4.94. The molecule has 1 heterocycles. The van der Waals surface area contributed by atoms with Crippen LogP contribution in [0.3, 0.4) is 0 Å². The fourth-order valence-electron chi connectivity index (χ4n) is 2.59. The molecule has 0 spiro atoms. The molecular weight excluding hydrogens is 354 g/mol. The van der Waals surface area contributed by atoms with Crippen molar-refractivity contribution in [2.45, 2.75) is 6.92 Å². The smallest absolute Gasteiger partial charge is 0.337 e. The van der Waals surface area contributed by atoms with Crippen molar-refractivity contribution in [3.05, 3.63) is 76.4 Å². The molecule has 0 unspecified atom stereocenters. The summed E-state index contributed by atoms with van der Waals surface area (Å²) in [4.78, 5) is 11.6. The van der Waals surface area contributed by atoms with Gasteiger partial charge in [0.15, 0.2) is 0 Å². The van der Waals surface area contributed by atoms with Crippen molar-refractivity contribution in [1.29, 1.82) is 0 Å². The fraction of sp³-hybridized carbons (Fsp3) is 0.105. The lowest BCUT2D eigenvalue weighted by atomic mass is 10.1. The van der Waals surface area contributed by atoms with Crippen LogP contribution in [0.5, 0.6) is 0 Å². The first-order valence-electron chi connectivity index (χ1n) is 7.23. The van der Waals surface area contributed by atoms with Gasteiger partial charge in [0, 0.05) is 15.9 Å². The molecule has 0 aliphatic rings. The van der Waals surface area contributed by atoms with E-state index in [1.165, 1.54) is 7.11 Å². The number of benzene rings is 2. The zero-order valence-electron chi connectivity index (χ0n) is 12.9. The van der Waals surface area contributed by atoms with E-state index in [0.717, 1.165) is 27.1 Å². The highest BCUT2D eigenvalue weighted by Gasteiger charge is 2.11. The SMILES string of the molecule is COC(=O)c1ccc(-n2c(C)ccc2-c2ccc(Br)cc2)cc1. The lowest BCUT2D eigenvalue weighted by Gasteiger charge is -2.13. The number of esters is 1. The maximum Gasteiger partial charge on any atom is 0.337 e. The number of halogens is 1. The number of aryl methyl sites for hydroxylation is 1. The van der Waals surface area contributed by atoms with Crippen molar-refractivity contribution >= 4 is 21.9 Å². The second kappa shape index (κ2) is 6.42. The Bertz CT molecular complexity index is 833. The molecule has 0 saturated heterocycles. The molecule has 0 fully saturated rings. The molecule has 0 radical (unpaired) electrons. The summed E-state index contributed by atoms with van der Waals surface area (Å²) in [7, 11) is 1.39. The van der Waals surface area contributed by atoms with Crippen LogP contribution in [0.1, 0.15) is 16.1 Å². The topological polar surface area (TPSA) is 31.2 Å². The maximum atomic E-state index is 11.6. The zero-order chi connectivity index (χ0) is 16.4. The van der Waals surface area contributed by atoms with Gasteiger partial charge >= 0.3 is 5.97 Å². The first kappa shape index (κ1) is 15.6. The van der Waals surface area contributed by atoms with Gasteiger partial charge < -0.3 is 9.30 Å². The summed E-state index contributed by atoms with van der Waals surface area (Å²) in [6.45, 7) is 2.07. The van der Waals surface area contributed by atoms with Gasteiger partial charge in [-0.25, -0.2) is 4.79 Å². The Balaban J connectivity index is 2.05. The van der Waals surface area contributed by atoms with Crippen LogP contribution in [-0.2, 0) is 4.74 Å². The molecule has 0 N–H and O–H groups in total. The van der Waals surface area contributed by atoms with E-state index in [2.05, 4.69) is 51.7 Å². The van der Waals surface area contributed by atoms with Gasteiger partial charge in [-0.2, -0.15) is 0 Å². The minimum absolute atomic E-state index is 0.325. The first-order valence-corrected chi connectivity index (χ1v) is 8.02. The summed E-state index contributed by atoms with van der Waals surface area (Å²) >= 11 is 3.46. The third kappa shape index (κ3) is 3.08. The molecule has 23 heavy (non-hydrogen) atoms. The van der Waals surface area contributed by atoms with E-state index < -0.39 is 0 Å². The van der Waals surface area contributed by atoms with E-state index in [4.69, 9.17) is 4.74 Å². The number of hydrogen-bond acceptors (Lipinski definition) is 2. The molecule has 4 heteroatoms. The van der Waals surface area contributed by atoms with Gasteiger partial charge in [-0.15, -0.1) is 0 Å². The number of hydrogen-bond donors (Lipinski definition) is 0. The summed E-state index contributed by atoms with van der Waals surface area (Å²) in [5.74, 6) is -0.325. The number of nitrogens with zero attached hydrogens (tertiary/aromatic N) is 1. The molecule has 0 atom stereocenters. The van der Waals surface area contributed by atoms with E-state index in [0.29, 0.717) is 5.56 Å². The number of carbonyl (C=O) groups excluding carboxylic acids is 1. The lowest BCUT2D eigenvalue weighted by Crippen LogP contribution is -2.03. The molecule has 116 valence electrons. The van der Waals surface area contributed by atoms with E-state index in [1.807, 2.05) is 24.3 Å². The van der Waals surface area contributed by atoms with Crippen LogP contribution in [0.15, 0.2) is 65.1 Å². The predicted octanol–water partition coefficient (Wildman–Crippen LogP) is 5.00. The van der Waals surface area contributed by atoms with Crippen molar-refractivity contribution in [1.82, 2.24) is 4.57 Å². The molecule has 0 amide bonds. The van der Waals surface area contributed by atoms with E-state index in [9.17, 15) is 4.79 Å². The molecule has 0 aliphatic heterocycles. The van der Waals surface area contributed by atoms with E-state index >= 15 is 0 Å². The Morgan fingerprint density at radius 2 is 1.61 bits per heavy atom. The van der Waals surface area contributed by atoms with Crippen molar-refractivity contribution in [2.75, 3.05) is 7.11 Å². The minimum Gasteiger partial charge on any atom is -0.465 e. The second-order valence-corrected chi connectivity index (χ2v) is 6.16. The van der Waals surface area contributed by atoms with Crippen molar-refractivity contribution < 1.29 is 9.53 Å². The standard InChI is InChI=1S/C19H16BrNO2/c1-13-3-12-18(14-4-8-16(20)9-5-14)21(13)17-10-6-15(7-11-17)19(22)23-2/h3-12H,1-2H3. The summed E-state index contributed by atoms with van der Waals surface area (Å²) in [6.07, 6.45) is 0. The van der Waals surface area contributed by atoms with Crippen LogP contribution in [0.2, 0.25) is 0 Å². The van der Waals surface area contributed by atoms with Crippen LogP contribution < -0.4 is 0 Å². The Morgan fingerprint density at radius 1 is 0.957 bits per heavy atom. The Labute approximate surface area is 143 Å². The third-order valence-corrected chi connectivity index (χ3v) is 4.29. The highest BCUT2D eigenvalue weighted by Crippen LogP contribution is 2.27. The number of carbonyl (C=O) groups is 1. The van der Waals surface area contributed by atoms with E-state index in [-0.39, 0.29) is 5.97 Å². The fourth-order valence-corrected chi connectivity index (χ4v) is 2.86. The molecule has 3 aromatic rings.